The Kier molecular flexibility index (Phi) is 4.11. The van der Waals surface area contributed by atoms with E-state index in [2.05, 4.69) is 25.5 Å². The molecule has 0 aliphatic heterocycles. The maximum absolute atomic E-state index is 12.4. The molecule has 0 spiro atoms. The van der Waals surface area contributed by atoms with Gasteiger partial charge in [-0.05, 0) is 25.3 Å². The van der Waals surface area contributed by atoms with Gasteiger partial charge in [-0.2, -0.15) is 0 Å². The molecule has 3 aromatic rings. The molecular weight excluding hydrogens is 356 g/mol. The van der Waals surface area contributed by atoms with Crippen LogP contribution in [0.3, 0.4) is 0 Å². The van der Waals surface area contributed by atoms with E-state index in [0.29, 0.717) is 24.0 Å². The number of H-pyrrole nitrogens is 1. The Bertz CT molecular complexity index is 1110. The first-order valence-corrected chi connectivity index (χ1v) is 9.16. The van der Waals surface area contributed by atoms with Crippen LogP contribution in [0.2, 0.25) is 0 Å². The summed E-state index contributed by atoms with van der Waals surface area (Å²) in [6.07, 6.45) is 4.29. The summed E-state index contributed by atoms with van der Waals surface area (Å²) in [4.78, 5) is 42.9. The van der Waals surface area contributed by atoms with Crippen molar-refractivity contribution >= 4 is 33.4 Å². The number of rotatable bonds is 5. The molecule has 0 saturated heterocycles. The normalized spacial score (nSPS) is 13.9. The molecule has 1 saturated carbocycles. The monoisotopic (exact) mass is 372 g/mol. The standard InChI is InChI=1S/C16H16N6O3S/c1-2-5-22-11-10(13(24)19-16(22)25)6-9(7-17-11)12(23)18-15-21-20-14(26-15)8-3-4-8/h6-8H,2-5H2,1H3,(H,18,21,23)(H,19,24,25). The lowest BCUT2D eigenvalue weighted by molar-refractivity contribution is 0.102. The molecule has 0 atom stereocenters. The summed E-state index contributed by atoms with van der Waals surface area (Å²) < 4.78 is 1.39. The number of fused-ring (bicyclic) bond motifs is 1. The summed E-state index contributed by atoms with van der Waals surface area (Å²) in [5.74, 6) is 0.0416. The molecule has 0 radical (unpaired) electrons. The Morgan fingerprint density at radius 1 is 1.38 bits per heavy atom. The molecule has 0 aromatic carbocycles. The molecule has 10 heteroatoms. The van der Waals surface area contributed by atoms with Gasteiger partial charge in [0, 0.05) is 18.7 Å². The maximum Gasteiger partial charge on any atom is 0.329 e. The fourth-order valence-electron chi connectivity index (χ4n) is 2.67. The number of hydrogen-bond donors (Lipinski definition) is 2. The highest BCUT2D eigenvalue weighted by Crippen LogP contribution is 2.42. The van der Waals surface area contributed by atoms with E-state index in [1.807, 2.05) is 6.92 Å². The van der Waals surface area contributed by atoms with Gasteiger partial charge in [-0.25, -0.2) is 9.78 Å². The lowest BCUT2D eigenvalue weighted by atomic mass is 10.2. The van der Waals surface area contributed by atoms with E-state index in [9.17, 15) is 14.4 Å². The summed E-state index contributed by atoms with van der Waals surface area (Å²) in [5, 5.41) is 12.3. The van der Waals surface area contributed by atoms with Gasteiger partial charge in [0.1, 0.15) is 10.7 Å². The second kappa shape index (κ2) is 6.45. The highest BCUT2D eigenvalue weighted by molar-refractivity contribution is 7.15. The van der Waals surface area contributed by atoms with Gasteiger partial charge in [0.15, 0.2) is 0 Å². The van der Waals surface area contributed by atoms with E-state index in [1.54, 1.807) is 0 Å². The zero-order valence-corrected chi connectivity index (χ0v) is 14.8. The predicted molar refractivity (Wildman–Crippen MR) is 96.8 cm³/mol. The fraction of sp³-hybridized carbons (Fsp3) is 0.375. The summed E-state index contributed by atoms with van der Waals surface area (Å²) in [6.45, 7) is 2.35. The average Bonchev–Trinajstić information content (AvgIpc) is 3.38. The van der Waals surface area contributed by atoms with Gasteiger partial charge < -0.3 is 0 Å². The molecule has 134 valence electrons. The van der Waals surface area contributed by atoms with Crippen LogP contribution in [0.1, 0.15) is 47.5 Å². The SMILES string of the molecule is CCCn1c(=O)[nH]c(=O)c2cc(C(=O)Nc3nnc(C4CC4)s3)cnc21. The predicted octanol–water partition coefficient (Wildman–Crippen LogP) is 1.48. The van der Waals surface area contributed by atoms with E-state index < -0.39 is 17.2 Å². The second-order valence-electron chi connectivity index (χ2n) is 6.18. The van der Waals surface area contributed by atoms with Gasteiger partial charge in [0.2, 0.25) is 5.13 Å². The van der Waals surface area contributed by atoms with E-state index in [-0.39, 0.29) is 16.6 Å². The number of nitrogens with zero attached hydrogens (tertiary/aromatic N) is 4. The van der Waals surface area contributed by atoms with Gasteiger partial charge in [0.05, 0.1) is 10.9 Å². The molecule has 1 fully saturated rings. The molecule has 9 nitrogen and oxygen atoms in total. The van der Waals surface area contributed by atoms with Crippen LogP contribution in [-0.2, 0) is 6.54 Å². The van der Waals surface area contributed by atoms with Gasteiger partial charge in [-0.3, -0.25) is 24.5 Å². The van der Waals surface area contributed by atoms with Crippen LogP contribution >= 0.6 is 11.3 Å². The third-order valence-electron chi connectivity index (χ3n) is 4.13. The molecular formula is C16H16N6O3S. The third-order valence-corrected chi connectivity index (χ3v) is 5.13. The van der Waals surface area contributed by atoms with E-state index in [0.717, 1.165) is 17.8 Å². The highest BCUT2D eigenvalue weighted by atomic mass is 32.1. The maximum atomic E-state index is 12.4. The summed E-state index contributed by atoms with van der Waals surface area (Å²) in [7, 11) is 0. The van der Waals surface area contributed by atoms with Crippen molar-refractivity contribution in [3.8, 4) is 0 Å². The summed E-state index contributed by atoms with van der Waals surface area (Å²) >= 11 is 1.36. The number of aromatic amines is 1. The molecule has 1 amide bonds. The molecule has 26 heavy (non-hydrogen) atoms. The topological polar surface area (TPSA) is 123 Å². The quantitative estimate of drug-likeness (QED) is 0.699. The molecule has 1 aliphatic rings. The molecule has 1 aliphatic carbocycles. The van der Waals surface area contributed by atoms with Gasteiger partial charge in [0.25, 0.3) is 11.5 Å². The van der Waals surface area contributed by atoms with Crippen molar-refractivity contribution in [2.24, 2.45) is 0 Å². The van der Waals surface area contributed by atoms with Crippen molar-refractivity contribution in [2.45, 2.75) is 38.6 Å². The second-order valence-corrected chi connectivity index (χ2v) is 7.19. The van der Waals surface area contributed by atoms with Gasteiger partial charge in [-0.15, -0.1) is 10.2 Å². The van der Waals surface area contributed by atoms with Crippen LogP contribution in [0, 0.1) is 0 Å². The van der Waals surface area contributed by atoms with Crippen LogP contribution in [0.15, 0.2) is 21.9 Å². The number of carbonyl (C=O) groups is 1. The van der Waals surface area contributed by atoms with Crippen molar-refractivity contribution in [3.05, 3.63) is 43.7 Å². The van der Waals surface area contributed by atoms with Crippen LogP contribution in [-0.4, -0.2) is 30.6 Å². The lowest BCUT2D eigenvalue weighted by Crippen LogP contribution is -2.31. The molecule has 3 heterocycles. The Labute approximate surface area is 151 Å². The Morgan fingerprint density at radius 3 is 2.92 bits per heavy atom. The Hall–Kier alpha value is -2.88. The summed E-state index contributed by atoms with van der Waals surface area (Å²) in [6, 6.07) is 1.44. The number of nitrogens with one attached hydrogen (secondary N) is 2. The van der Waals surface area contributed by atoms with Crippen LogP contribution in [0.4, 0.5) is 5.13 Å². The van der Waals surface area contributed by atoms with Crippen molar-refractivity contribution in [2.75, 3.05) is 5.32 Å². The molecule has 2 N–H and O–H groups in total. The third kappa shape index (κ3) is 3.03. The number of carbonyl (C=O) groups excluding carboxylic acids is 1. The first-order valence-electron chi connectivity index (χ1n) is 8.34. The Balaban J connectivity index is 1.66. The lowest BCUT2D eigenvalue weighted by Gasteiger charge is -2.08. The summed E-state index contributed by atoms with van der Waals surface area (Å²) in [5.41, 5.74) is -0.584. The van der Waals surface area contributed by atoms with Crippen molar-refractivity contribution < 1.29 is 4.79 Å². The Morgan fingerprint density at radius 2 is 2.19 bits per heavy atom. The average molecular weight is 372 g/mol. The zero-order chi connectivity index (χ0) is 18.3. The van der Waals surface area contributed by atoms with Crippen LogP contribution < -0.4 is 16.6 Å². The fourth-order valence-corrected chi connectivity index (χ4v) is 3.58. The van der Waals surface area contributed by atoms with E-state index >= 15 is 0 Å². The van der Waals surface area contributed by atoms with E-state index in [4.69, 9.17) is 0 Å². The smallest absolute Gasteiger partial charge is 0.296 e. The number of aryl methyl sites for hydroxylation is 1. The number of aromatic nitrogens is 5. The number of hydrogen-bond acceptors (Lipinski definition) is 7. The van der Waals surface area contributed by atoms with Crippen LogP contribution in [0.25, 0.3) is 11.0 Å². The first kappa shape index (κ1) is 16.6. The zero-order valence-electron chi connectivity index (χ0n) is 14.0. The van der Waals surface area contributed by atoms with Gasteiger partial charge >= 0.3 is 5.69 Å². The minimum atomic E-state index is -0.563. The number of amides is 1. The minimum absolute atomic E-state index is 0.196. The first-order chi connectivity index (χ1) is 12.6. The molecule has 3 aromatic heterocycles. The molecule has 4 rings (SSSR count). The van der Waals surface area contributed by atoms with Crippen LogP contribution in [0.5, 0.6) is 0 Å². The number of pyridine rings is 1. The largest absolute Gasteiger partial charge is 0.329 e. The van der Waals surface area contributed by atoms with Gasteiger partial charge in [-0.1, -0.05) is 18.3 Å². The number of anilines is 1. The minimum Gasteiger partial charge on any atom is -0.296 e. The van der Waals surface area contributed by atoms with Crippen molar-refractivity contribution in [3.63, 3.8) is 0 Å². The van der Waals surface area contributed by atoms with Crippen molar-refractivity contribution in [1.82, 2.24) is 24.7 Å². The molecule has 0 unspecified atom stereocenters. The molecule has 0 bridgehead atoms. The highest BCUT2D eigenvalue weighted by Gasteiger charge is 2.27. The van der Waals surface area contributed by atoms with Crippen molar-refractivity contribution in [1.29, 1.82) is 0 Å². The van der Waals surface area contributed by atoms with E-state index in [1.165, 1.54) is 28.2 Å².